The Bertz CT molecular complexity index is 798. The van der Waals surface area contributed by atoms with Crippen molar-refractivity contribution in [1.29, 1.82) is 0 Å². The fourth-order valence-electron chi connectivity index (χ4n) is 4.83. The van der Waals surface area contributed by atoms with Crippen LogP contribution in [0.15, 0.2) is 35.0 Å². The highest BCUT2D eigenvalue weighted by atomic mass is 32.1. The van der Waals surface area contributed by atoms with Gasteiger partial charge in [0.15, 0.2) is 6.10 Å². The third-order valence-corrected chi connectivity index (χ3v) is 8.48. The first kappa shape index (κ1) is 16.9. The Labute approximate surface area is 160 Å². The van der Waals surface area contributed by atoms with Crippen LogP contribution in [-0.2, 0) is 19.9 Å². The number of carbonyl (C=O) groups is 1. The van der Waals surface area contributed by atoms with E-state index in [4.69, 9.17) is 9.47 Å². The summed E-state index contributed by atoms with van der Waals surface area (Å²) in [7, 11) is 4.40. The number of hydrogen-bond donors (Lipinski definition) is 1. The molecule has 2 bridgehead atoms. The number of fused-ring (bicyclic) bond motifs is 3. The highest BCUT2D eigenvalue weighted by Crippen LogP contribution is 2.64. The molecule has 3 aliphatic heterocycles. The van der Waals surface area contributed by atoms with Crippen LogP contribution in [0.4, 0.5) is 0 Å². The molecule has 2 aromatic rings. The van der Waals surface area contributed by atoms with Crippen molar-refractivity contribution in [2.45, 2.75) is 48.8 Å². The van der Waals surface area contributed by atoms with Crippen molar-refractivity contribution in [2.75, 3.05) is 14.1 Å². The fourth-order valence-corrected chi connectivity index (χ4v) is 6.55. The SMILES string of the molecule is C[N+]1(C)[C@H]2C[C@H](OC(=O)C(O)(c3cccs3)c3cccs3)CC[C@@]13O[C@@H]23. The first-order chi connectivity index (χ1) is 12.4. The molecule has 2 aromatic heterocycles. The van der Waals surface area contributed by atoms with Crippen molar-refractivity contribution in [3.63, 3.8) is 0 Å². The van der Waals surface area contributed by atoms with Gasteiger partial charge in [0.25, 0.3) is 0 Å². The third-order valence-electron chi connectivity index (χ3n) is 6.53. The number of nitrogens with zero attached hydrogens (tertiary/aromatic N) is 1. The van der Waals surface area contributed by atoms with Gasteiger partial charge in [-0.15, -0.1) is 22.7 Å². The topological polar surface area (TPSA) is 59.1 Å². The van der Waals surface area contributed by atoms with Crippen LogP contribution in [0.25, 0.3) is 0 Å². The highest BCUT2D eigenvalue weighted by Gasteiger charge is 2.85. The number of rotatable bonds is 4. The van der Waals surface area contributed by atoms with Gasteiger partial charge in [0.05, 0.1) is 23.8 Å². The van der Waals surface area contributed by atoms with Crippen molar-refractivity contribution < 1.29 is 23.9 Å². The van der Waals surface area contributed by atoms with Gasteiger partial charge >= 0.3 is 5.97 Å². The second-order valence-electron chi connectivity index (χ2n) is 7.96. The van der Waals surface area contributed by atoms with E-state index in [0.717, 1.165) is 23.7 Å². The molecule has 1 N–H and O–H groups in total. The molecule has 4 fully saturated rings. The van der Waals surface area contributed by atoms with Gasteiger partial charge < -0.3 is 14.6 Å². The summed E-state index contributed by atoms with van der Waals surface area (Å²) >= 11 is 2.74. The number of thiophene rings is 2. The van der Waals surface area contributed by atoms with Gasteiger partial charge in [-0.3, -0.25) is 4.48 Å². The zero-order valence-electron chi connectivity index (χ0n) is 14.8. The summed E-state index contributed by atoms with van der Waals surface area (Å²) < 4.78 is 12.7. The summed E-state index contributed by atoms with van der Waals surface area (Å²) in [5.41, 5.74) is -1.77. The predicted molar refractivity (Wildman–Crippen MR) is 98.9 cm³/mol. The lowest BCUT2D eigenvalue weighted by molar-refractivity contribution is -0.986. The van der Waals surface area contributed by atoms with E-state index >= 15 is 0 Å². The first-order valence-electron chi connectivity index (χ1n) is 8.92. The summed E-state index contributed by atoms with van der Waals surface area (Å²) in [5.74, 6) is -0.566. The number of esters is 1. The Morgan fingerprint density at radius 2 is 1.96 bits per heavy atom. The summed E-state index contributed by atoms with van der Waals surface area (Å²) in [6, 6.07) is 7.63. The Kier molecular flexibility index (Phi) is 3.50. The quantitative estimate of drug-likeness (QED) is 0.494. The Hall–Kier alpha value is -1.25. The molecule has 0 aromatic carbocycles. The summed E-state index contributed by atoms with van der Waals surface area (Å²) in [6.45, 7) is 0. The van der Waals surface area contributed by atoms with Crippen molar-refractivity contribution in [2.24, 2.45) is 0 Å². The number of ether oxygens (including phenoxy) is 2. The molecule has 26 heavy (non-hydrogen) atoms. The van der Waals surface area contributed by atoms with E-state index in [2.05, 4.69) is 14.1 Å². The molecule has 4 aliphatic rings. The molecule has 3 saturated heterocycles. The number of hydrogen-bond acceptors (Lipinski definition) is 6. The average Bonchev–Trinajstić information content (AvgIpc) is 3.00. The molecular formula is C19H22NO4S2+. The second-order valence-corrected chi connectivity index (χ2v) is 9.85. The van der Waals surface area contributed by atoms with Gasteiger partial charge in [-0.05, 0) is 29.3 Å². The zero-order valence-corrected chi connectivity index (χ0v) is 16.4. The standard InChI is InChI=1S/C19H22NO4S2/c1-20(2)13-11-12(7-8-18(20)16(13)24-18)23-17(21)19(22,14-5-3-9-25-14)15-6-4-10-26-15/h3-6,9-10,12-13,16,22H,7-8,11H2,1-2H3/q+1/t12-,13+,16+,18+/m1/s1. The average molecular weight is 393 g/mol. The Morgan fingerprint density at radius 3 is 2.50 bits per heavy atom. The van der Waals surface area contributed by atoms with E-state index in [-0.39, 0.29) is 11.8 Å². The van der Waals surface area contributed by atoms with Crippen molar-refractivity contribution in [3.8, 4) is 0 Å². The minimum atomic E-state index is -1.72. The van der Waals surface area contributed by atoms with Crippen LogP contribution >= 0.6 is 22.7 Å². The largest absolute Gasteiger partial charge is 0.459 e. The van der Waals surface area contributed by atoms with E-state index in [1.807, 2.05) is 22.9 Å². The minimum absolute atomic E-state index is 0.0520. The van der Waals surface area contributed by atoms with Crippen LogP contribution in [-0.4, -0.2) is 53.6 Å². The van der Waals surface area contributed by atoms with Crippen LogP contribution in [0.5, 0.6) is 0 Å². The second kappa shape index (κ2) is 5.39. The normalized spacial score (nSPS) is 34.3. The van der Waals surface area contributed by atoms with E-state index in [1.54, 1.807) is 12.1 Å². The molecule has 138 valence electrons. The van der Waals surface area contributed by atoms with Crippen molar-refractivity contribution in [1.82, 2.24) is 0 Å². The van der Waals surface area contributed by atoms with Gasteiger partial charge in [0, 0.05) is 12.8 Å². The number of aliphatic hydroxyl groups is 1. The molecule has 0 radical (unpaired) electrons. The Balaban J connectivity index is 1.39. The summed E-state index contributed by atoms with van der Waals surface area (Å²) in [5, 5.41) is 15.1. The maximum atomic E-state index is 13.1. The van der Waals surface area contributed by atoms with Crippen LogP contribution < -0.4 is 0 Å². The maximum Gasteiger partial charge on any atom is 0.349 e. The molecule has 1 spiro atoms. The molecule has 6 rings (SSSR count). The lowest BCUT2D eigenvalue weighted by atomic mass is 9.89. The van der Waals surface area contributed by atoms with Crippen molar-refractivity contribution in [3.05, 3.63) is 44.8 Å². The van der Waals surface area contributed by atoms with E-state index in [1.165, 1.54) is 22.7 Å². The summed E-state index contributed by atoms with van der Waals surface area (Å²) in [6.07, 6.45) is 2.61. The zero-order chi connectivity index (χ0) is 18.2. The molecule has 0 unspecified atom stereocenters. The van der Waals surface area contributed by atoms with Gasteiger partial charge in [-0.1, -0.05) is 12.1 Å². The molecular weight excluding hydrogens is 370 g/mol. The van der Waals surface area contributed by atoms with Gasteiger partial charge in [-0.2, -0.15) is 0 Å². The van der Waals surface area contributed by atoms with E-state index in [9.17, 15) is 9.90 Å². The van der Waals surface area contributed by atoms with E-state index in [0.29, 0.717) is 21.9 Å². The van der Waals surface area contributed by atoms with Crippen LogP contribution in [0.3, 0.4) is 0 Å². The lowest BCUT2D eigenvalue weighted by Gasteiger charge is -2.47. The number of likely N-dealkylation sites (N-methyl/N-ethyl adjacent to an activating group) is 1. The number of carbonyl (C=O) groups excluding carboxylic acids is 1. The molecule has 0 amide bonds. The fraction of sp³-hybridized carbons (Fsp3) is 0.526. The third kappa shape index (κ3) is 2.03. The minimum Gasteiger partial charge on any atom is -0.459 e. The first-order valence-corrected chi connectivity index (χ1v) is 10.7. The highest BCUT2D eigenvalue weighted by molar-refractivity contribution is 7.12. The smallest absolute Gasteiger partial charge is 0.349 e. The van der Waals surface area contributed by atoms with Gasteiger partial charge in [0.1, 0.15) is 12.1 Å². The molecule has 4 atom stereocenters. The molecule has 7 heteroatoms. The Morgan fingerprint density at radius 1 is 1.31 bits per heavy atom. The number of quaternary nitrogens is 1. The maximum absolute atomic E-state index is 13.1. The molecule has 1 aliphatic carbocycles. The molecule has 1 saturated carbocycles. The van der Waals surface area contributed by atoms with E-state index < -0.39 is 11.6 Å². The summed E-state index contributed by atoms with van der Waals surface area (Å²) in [4.78, 5) is 14.3. The molecule has 5 heterocycles. The monoisotopic (exact) mass is 392 g/mol. The molecule has 5 nitrogen and oxygen atoms in total. The number of epoxide rings is 1. The van der Waals surface area contributed by atoms with Crippen LogP contribution in [0.1, 0.15) is 29.0 Å². The van der Waals surface area contributed by atoms with Gasteiger partial charge in [-0.25, -0.2) is 4.79 Å². The van der Waals surface area contributed by atoms with Crippen LogP contribution in [0.2, 0.25) is 0 Å². The van der Waals surface area contributed by atoms with Crippen LogP contribution in [0, 0.1) is 0 Å². The van der Waals surface area contributed by atoms with Crippen molar-refractivity contribution >= 4 is 28.6 Å². The van der Waals surface area contributed by atoms with Gasteiger partial charge in [0.2, 0.25) is 11.3 Å². The lowest BCUT2D eigenvalue weighted by Crippen LogP contribution is -2.70. The predicted octanol–water partition coefficient (Wildman–Crippen LogP) is 2.69.